The maximum atomic E-state index is 11.3. The molecule has 14 rings (SSSR count). The SMILES string of the molecule is C=C/C=C\c1c(C)c2c(ccc3c4ccccc4n(-c4ccc(-c5nc(-c6ccc(-c7ccccc7)cc6)nc(-c6ccc7oc8ccccc8c7c6)n5)cc4C#N)c32)n1-c1ccc2c(c1)C(C)(C)c1ccccc1-2. The molecule has 0 saturated carbocycles. The molecule has 0 fully saturated rings. The average molecular weight is 963 g/mol. The Morgan fingerprint density at radius 2 is 1.17 bits per heavy atom. The Hall–Kier alpha value is -9.90. The van der Waals surface area contributed by atoms with E-state index in [0.29, 0.717) is 28.6 Å². The molecule has 0 N–H and O–H groups in total. The summed E-state index contributed by atoms with van der Waals surface area (Å²) in [5, 5.41) is 16.6. The van der Waals surface area contributed by atoms with Crippen LogP contribution in [0.4, 0.5) is 0 Å². The molecular formula is C68H46N6O. The number of benzene rings is 9. The Labute approximate surface area is 433 Å². The number of hydrogen-bond acceptors (Lipinski definition) is 5. The number of fused-ring (bicyclic) bond motifs is 11. The molecule has 354 valence electrons. The summed E-state index contributed by atoms with van der Waals surface area (Å²) < 4.78 is 10.9. The lowest BCUT2D eigenvalue weighted by Gasteiger charge is -2.22. The van der Waals surface area contributed by atoms with Gasteiger partial charge in [0.25, 0.3) is 0 Å². The van der Waals surface area contributed by atoms with Crippen LogP contribution in [0.3, 0.4) is 0 Å². The number of nitrogens with zero attached hydrogens (tertiary/aromatic N) is 6. The third kappa shape index (κ3) is 6.77. The van der Waals surface area contributed by atoms with Crippen molar-refractivity contribution in [1.29, 1.82) is 5.26 Å². The van der Waals surface area contributed by atoms with Crippen LogP contribution in [0.5, 0.6) is 0 Å². The number of nitriles is 1. The molecule has 1 aliphatic rings. The van der Waals surface area contributed by atoms with Crippen LogP contribution in [0, 0.1) is 18.3 Å². The van der Waals surface area contributed by atoms with E-state index in [-0.39, 0.29) is 5.41 Å². The molecule has 9 aromatic carbocycles. The largest absolute Gasteiger partial charge is 0.456 e. The minimum atomic E-state index is -0.168. The van der Waals surface area contributed by atoms with Gasteiger partial charge in [0.15, 0.2) is 17.5 Å². The van der Waals surface area contributed by atoms with Gasteiger partial charge in [0.2, 0.25) is 0 Å². The monoisotopic (exact) mass is 962 g/mol. The number of rotatable bonds is 8. The molecule has 4 heterocycles. The maximum absolute atomic E-state index is 11.3. The third-order valence-electron chi connectivity index (χ3n) is 15.4. The van der Waals surface area contributed by atoms with Gasteiger partial charge >= 0.3 is 0 Å². The molecule has 0 atom stereocenters. The van der Waals surface area contributed by atoms with Gasteiger partial charge in [-0.2, -0.15) is 5.26 Å². The molecule has 0 unspecified atom stereocenters. The van der Waals surface area contributed by atoms with E-state index in [4.69, 9.17) is 19.4 Å². The van der Waals surface area contributed by atoms with Gasteiger partial charge in [-0.1, -0.05) is 160 Å². The number of allylic oxidation sites excluding steroid dienone is 2. The summed E-state index contributed by atoms with van der Waals surface area (Å²) in [6.07, 6.45) is 6.00. The van der Waals surface area contributed by atoms with Gasteiger partial charge in [0.1, 0.15) is 17.2 Å². The van der Waals surface area contributed by atoms with Crippen molar-refractivity contribution >= 4 is 60.7 Å². The predicted octanol–water partition coefficient (Wildman–Crippen LogP) is 17.2. The lowest BCUT2D eigenvalue weighted by molar-refractivity contribution is 0.660. The van der Waals surface area contributed by atoms with Crippen LogP contribution in [0.1, 0.15) is 41.8 Å². The van der Waals surface area contributed by atoms with Gasteiger partial charge in [-0.05, 0) is 119 Å². The highest BCUT2D eigenvalue weighted by atomic mass is 16.3. The zero-order valence-electron chi connectivity index (χ0n) is 41.5. The standard InChI is InChI=1S/C68H46N6O/c1-5-6-22-57-41(2)63-60(73(57)48-31-32-50-49-18-10-13-21-55(49)68(3,4)56(50)39-48)35-33-53-51-19-11-14-23-59(51)74(64(53)63)58-34-29-45(37-47(58)40-69)66-70-65(44-27-25-43(26-28-44)42-16-8-7-9-17-42)71-67(72-66)46-30-36-62-54(38-46)52-20-12-15-24-61(52)75-62/h5-39H,1H2,2-4H3/b22-6-. The highest BCUT2D eigenvalue weighted by Gasteiger charge is 2.36. The number of aromatic nitrogens is 5. The zero-order valence-corrected chi connectivity index (χ0v) is 41.5. The zero-order chi connectivity index (χ0) is 50.5. The van der Waals surface area contributed by atoms with Gasteiger partial charge in [-0.25, -0.2) is 15.0 Å². The van der Waals surface area contributed by atoms with Crippen molar-refractivity contribution < 1.29 is 4.42 Å². The molecule has 0 aliphatic heterocycles. The number of hydrogen-bond donors (Lipinski definition) is 0. The highest BCUT2D eigenvalue weighted by Crippen LogP contribution is 2.50. The van der Waals surface area contributed by atoms with Crippen LogP contribution < -0.4 is 0 Å². The van der Waals surface area contributed by atoms with Crippen molar-refractivity contribution in [3.05, 3.63) is 241 Å². The smallest absolute Gasteiger partial charge is 0.164 e. The fourth-order valence-corrected chi connectivity index (χ4v) is 11.8. The Balaban J connectivity index is 0.954. The summed E-state index contributed by atoms with van der Waals surface area (Å²) in [6, 6.07) is 70.0. The Bertz CT molecular complexity index is 4600. The Kier molecular flexibility index (Phi) is 9.85. The summed E-state index contributed by atoms with van der Waals surface area (Å²) >= 11 is 0. The summed E-state index contributed by atoms with van der Waals surface area (Å²) in [6.45, 7) is 10.9. The second kappa shape index (κ2) is 16.8. The lowest BCUT2D eigenvalue weighted by Crippen LogP contribution is -2.15. The fraction of sp³-hybridized carbons (Fsp3) is 0.0588. The molecule has 75 heavy (non-hydrogen) atoms. The minimum absolute atomic E-state index is 0.168. The maximum Gasteiger partial charge on any atom is 0.164 e. The summed E-state index contributed by atoms with van der Waals surface area (Å²) in [5.41, 5.74) is 18.9. The highest BCUT2D eigenvalue weighted by molar-refractivity contribution is 6.20. The molecule has 1 aliphatic carbocycles. The fourth-order valence-electron chi connectivity index (χ4n) is 11.8. The van der Waals surface area contributed by atoms with Gasteiger partial charge in [0.05, 0.1) is 27.8 Å². The van der Waals surface area contributed by atoms with E-state index < -0.39 is 0 Å². The van der Waals surface area contributed by atoms with Gasteiger partial charge in [0, 0.05) is 60.4 Å². The van der Waals surface area contributed by atoms with E-state index in [2.05, 4.69) is 176 Å². The molecular weight excluding hydrogens is 917 g/mol. The van der Waals surface area contributed by atoms with Crippen LogP contribution in [0.15, 0.2) is 217 Å². The van der Waals surface area contributed by atoms with Gasteiger partial charge in [-0.15, -0.1) is 0 Å². The normalized spacial score (nSPS) is 12.8. The first kappa shape index (κ1) is 43.9. The van der Waals surface area contributed by atoms with E-state index >= 15 is 0 Å². The molecule has 0 radical (unpaired) electrons. The van der Waals surface area contributed by atoms with Crippen molar-refractivity contribution in [2.24, 2.45) is 0 Å². The molecule has 0 amide bonds. The first-order valence-corrected chi connectivity index (χ1v) is 25.3. The van der Waals surface area contributed by atoms with Crippen LogP contribution in [-0.4, -0.2) is 24.1 Å². The van der Waals surface area contributed by atoms with Crippen molar-refractivity contribution in [2.45, 2.75) is 26.2 Å². The Morgan fingerprint density at radius 3 is 1.97 bits per heavy atom. The van der Waals surface area contributed by atoms with Gasteiger partial charge < -0.3 is 13.6 Å². The number of furan rings is 1. The third-order valence-corrected chi connectivity index (χ3v) is 15.4. The summed E-state index contributed by atoms with van der Waals surface area (Å²) in [7, 11) is 0. The van der Waals surface area contributed by atoms with Crippen molar-refractivity contribution in [1.82, 2.24) is 24.1 Å². The predicted molar refractivity (Wildman–Crippen MR) is 306 cm³/mol. The van der Waals surface area contributed by atoms with Crippen LogP contribution in [-0.2, 0) is 5.41 Å². The summed E-state index contributed by atoms with van der Waals surface area (Å²) in [5.74, 6) is 1.50. The van der Waals surface area contributed by atoms with Gasteiger partial charge in [-0.3, -0.25) is 0 Å². The topological polar surface area (TPSA) is 85.5 Å². The van der Waals surface area contributed by atoms with E-state index in [1.807, 2.05) is 78.9 Å². The van der Waals surface area contributed by atoms with Crippen LogP contribution in [0.25, 0.3) is 129 Å². The molecule has 4 aromatic heterocycles. The quantitative estimate of drug-likeness (QED) is 0.142. The van der Waals surface area contributed by atoms with Crippen LogP contribution in [0.2, 0.25) is 0 Å². The van der Waals surface area contributed by atoms with E-state index in [1.54, 1.807) is 0 Å². The Morgan fingerprint density at radius 1 is 0.533 bits per heavy atom. The molecule has 7 heteroatoms. The molecule has 0 bridgehead atoms. The van der Waals surface area contributed by atoms with Crippen molar-refractivity contribution in [3.8, 4) is 73.9 Å². The summed E-state index contributed by atoms with van der Waals surface area (Å²) in [4.78, 5) is 15.5. The number of para-hydroxylation sites is 2. The van der Waals surface area contributed by atoms with Crippen molar-refractivity contribution in [3.63, 3.8) is 0 Å². The van der Waals surface area contributed by atoms with E-state index in [0.717, 1.165) is 99.5 Å². The van der Waals surface area contributed by atoms with E-state index in [9.17, 15) is 5.26 Å². The second-order valence-electron chi connectivity index (χ2n) is 20.0. The van der Waals surface area contributed by atoms with E-state index in [1.165, 1.54) is 22.3 Å². The van der Waals surface area contributed by atoms with Crippen LogP contribution >= 0.6 is 0 Å². The molecule has 0 saturated heterocycles. The number of aryl methyl sites for hydroxylation is 1. The minimum Gasteiger partial charge on any atom is -0.456 e. The first-order chi connectivity index (χ1) is 36.8. The first-order valence-electron chi connectivity index (χ1n) is 25.3. The van der Waals surface area contributed by atoms with Crippen molar-refractivity contribution in [2.75, 3.05) is 0 Å². The second-order valence-corrected chi connectivity index (χ2v) is 20.0. The molecule has 7 nitrogen and oxygen atoms in total. The average Bonchev–Trinajstić information content (AvgIpc) is 4.16. The molecule has 13 aromatic rings. The lowest BCUT2D eigenvalue weighted by atomic mass is 9.82. The molecule has 0 spiro atoms.